The maximum atomic E-state index is 12.0. The minimum atomic E-state index is -0.794. The highest BCUT2D eigenvalue weighted by Crippen LogP contribution is 2.37. The van der Waals surface area contributed by atoms with Gasteiger partial charge in [-0.25, -0.2) is 4.98 Å². The Balaban J connectivity index is 1.83. The molecule has 2 rings (SSSR count). The van der Waals surface area contributed by atoms with E-state index in [1.807, 2.05) is 0 Å². The average Bonchev–Trinajstić information content (AvgIpc) is 2.99. The van der Waals surface area contributed by atoms with Crippen LogP contribution in [0.5, 0.6) is 0 Å². The minimum Gasteiger partial charge on any atom is -0.354 e. The van der Waals surface area contributed by atoms with Crippen LogP contribution in [-0.2, 0) is 18.3 Å². The predicted octanol–water partition coefficient (Wildman–Crippen LogP) is 0.558. The molecule has 1 amide bonds. The van der Waals surface area contributed by atoms with Crippen molar-refractivity contribution in [2.45, 2.75) is 32.1 Å². The molecule has 0 spiro atoms. The van der Waals surface area contributed by atoms with Crippen LogP contribution in [0, 0.1) is 16.7 Å². The van der Waals surface area contributed by atoms with E-state index in [1.54, 1.807) is 18.1 Å². The van der Waals surface area contributed by atoms with Gasteiger partial charge in [-0.15, -0.1) is 0 Å². The number of nitrogens with zero attached hydrogens (tertiary/aromatic N) is 4. The van der Waals surface area contributed by atoms with E-state index in [-0.39, 0.29) is 5.91 Å². The van der Waals surface area contributed by atoms with Crippen molar-refractivity contribution < 1.29 is 4.79 Å². The van der Waals surface area contributed by atoms with Crippen LogP contribution in [0.2, 0.25) is 0 Å². The third kappa shape index (κ3) is 2.50. The molecule has 0 unspecified atom stereocenters. The van der Waals surface area contributed by atoms with Gasteiger partial charge in [-0.05, 0) is 12.8 Å². The Morgan fingerprint density at radius 2 is 2.33 bits per heavy atom. The van der Waals surface area contributed by atoms with Crippen molar-refractivity contribution in [1.29, 1.82) is 5.26 Å². The second-order valence-electron chi connectivity index (χ2n) is 4.74. The van der Waals surface area contributed by atoms with E-state index in [0.29, 0.717) is 31.6 Å². The van der Waals surface area contributed by atoms with E-state index in [2.05, 4.69) is 21.5 Å². The number of hydrogen-bond donors (Lipinski definition) is 1. The molecule has 96 valence electrons. The van der Waals surface area contributed by atoms with E-state index in [0.717, 1.165) is 12.8 Å². The average molecular weight is 247 g/mol. The van der Waals surface area contributed by atoms with Gasteiger partial charge in [-0.1, -0.05) is 12.8 Å². The number of amides is 1. The van der Waals surface area contributed by atoms with Gasteiger partial charge in [0, 0.05) is 20.0 Å². The summed E-state index contributed by atoms with van der Waals surface area (Å²) in [5.41, 5.74) is -0.794. The maximum absolute atomic E-state index is 12.0. The smallest absolute Gasteiger partial charge is 0.240 e. The molecule has 0 radical (unpaired) electrons. The summed E-state index contributed by atoms with van der Waals surface area (Å²) >= 11 is 0. The molecule has 1 heterocycles. The van der Waals surface area contributed by atoms with Gasteiger partial charge in [0.05, 0.1) is 6.07 Å². The topological polar surface area (TPSA) is 83.6 Å². The number of rotatable bonds is 4. The van der Waals surface area contributed by atoms with Crippen molar-refractivity contribution in [2.24, 2.45) is 12.5 Å². The summed E-state index contributed by atoms with van der Waals surface area (Å²) in [6.45, 7) is 0.478. The third-order valence-corrected chi connectivity index (χ3v) is 3.39. The molecule has 1 saturated carbocycles. The zero-order chi connectivity index (χ0) is 13.0. The Morgan fingerprint density at radius 3 is 2.89 bits per heavy atom. The Labute approximate surface area is 106 Å². The van der Waals surface area contributed by atoms with Gasteiger partial charge < -0.3 is 5.32 Å². The van der Waals surface area contributed by atoms with Crippen LogP contribution in [0.15, 0.2) is 6.33 Å². The van der Waals surface area contributed by atoms with Crippen molar-refractivity contribution in [3.8, 4) is 6.07 Å². The molecule has 1 fully saturated rings. The Hall–Kier alpha value is -1.90. The van der Waals surface area contributed by atoms with Crippen molar-refractivity contribution >= 4 is 5.91 Å². The van der Waals surface area contributed by atoms with Gasteiger partial charge in [0.1, 0.15) is 11.7 Å². The van der Waals surface area contributed by atoms with Gasteiger partial charge in [-0.3, -0.25) is 9.48 Å². The largest absolute Gasteiger partial charge is 0.354 e. The zero-order valence-electron chi connectivity index (χ0n) is 10.5. The molecule has 6 heteroatoms. The van der Waals surface area contributed by atoms with E-state index >= 15 is 0 Å². The second kappa shape index (κ2) is 5.17. The summed E-state index contributed by atoms with van der Waals surface area (Å²) in [5.74, 6) is 0.564. The Kier molecular flexibility index (Phi) is 3.60. The van der Waals surface area contributed by atoms with Crippen LogP contribution in [-0.4, -0.2) is 27.2 Å². The molecular formula is C12H17N5O. The van der Waals surface area contributed by atoms with E-state index in [9.17, 15) is 4.79 Å². The SMILES string of the molecule is Cn1cnc(CCNC(=O)C2(C#N)CCCC2)n1. The summed E-state index contributed by atoms with van der Waals surface area (Å²) < 4.78 is 1.63. The predicted molar refractivity (Wildman–Crippen MR) is 64.2 cm³/mol. The van der Waals surface area contributed by atoms with E-state index in [1.165, 1.54) is 0 Å². The molecule has 1 N–H and O–H groups in total. The standard InChI is InChI=1S/C12H17N5O/c1-17-9-15-10(16-17)4-7-14-11(18)12(8-13)5-2-3-6-12/h9H,2-7H2,1H3,(H,14,18). The number of hydrogen-bond acceptors (Lipinski definition) is 4. The monoisotopic (exact) mass is 247 g/mol. The quantitative estimate of drug-likeness (QED) is 0.842. The molecule has 1 aliphatic carbocycles. The fourth-order valence-corrected chi connectivity index (χ4v) is 2.32. The lowest BCUT2D eigenvalue weighted by atomic mass is 9.87. The van der Waals surface area contributed by atoms with Gasteiger partial charge in [0.2, 0.25) is 5.91 Å². The molecule has 18 heavy (non-hydrogen) atoms. The Morgan fingerprint density at radius 1 is 1.61 bits per heavy atom. The molecule has 6 nitrogen and oxygen atoms in total. The minimum absolute atomic E-state index is 0.140. The van der Waals surface area contributed by atoms with Crippen LogP contribution < -0.4 is 5.32 Å². The molecular weight excluding hydrogens is 230 g/mol. The molecule has 1 aromatic rings. The van der Waals surface area contributed by atoms with Gasteiger partial charge in [-0.2, -0.15) is 10.4 Å². The Bertz CT molecular complexity index is 467. The summed E-state index contributed by atoms with van der Waals surface area (Å²) in [6.07, 6.45) is 5.50. The maximum Gasteiger partial charge on any atom is 0.240 e. The summed E-state index contributed by atoms with van der Waals surface area (Å²) in [4.78, 5) is 16.1. The first-order valence-electron chi connectivity index (χ1n) is 6.20. The lowest BCUT2D eigenvalue weighted by molar-refractivity contribution is -0.127. The number of aryl methyl sites for hydroxylation is 1. The molecule has 0 saturated heterocycles. The van der Waals surface area contributed by atoms with Crippen LogP contribution in [0.1, 0.15) is 31.5 Å². The number of nitrogens with one attached hydrogen (secondary N) is 1. The van der Waals surface area contributed by atoms with Crippen molar-refractivity contribution in [3.05, 3.63) is 12.2 Å². The molecule has 0 atom stereocenters. The van der Waals surface area contributed by atoms with Crippen LogP contribution in [0.3, 0.4) is 0 Å². The number of carbonyl (C=O) groups is 1. The lowest BCUT2D eigenvalue weighted by Crippen LogP contribution is -2.39. The number of aromatic nitrogens is 3. The van der Waals surface area contributed by atoms with E-state index < -0.39 is 5.41 Å². The normalized spacial score (nSPS) is 17.3. The summed E-state index contributed by atoms with van der Waals surface area (Å²) in [7, 11) is 1.80. The summed E-state index contributed by atoms with van der Waals surface area (Å²) in [5, 5.41) is 16.1. The highest BCUT2D eigenvalue weighted by atomic mass is 16.2. The lowest BCUT2D eigenvalue weighted by Gasteiger charge is -2.18. The highest BCUT2D eigenvalue weighted by Gasteiger charge is 2.41. The molecule has 0 aliphatic heterocycles. The molecule has 0 bridgehead atoms. The fourth-order valence-electron chi connectivity index (χ4n) is 2.32. The van der Waals surface area contributed by atoms with Crippen LogP contribution >= 0.6 is 0 Å². The second-order valence-corrected chi connectivity index (χ2v) is 4.74. The van der Waals surface area contributed by atoms with Crippen molar-refractivity contribution in [1.82, 2.24) is 20.1 Å². The highest BCUT2D eigenvalue weighted by molar-refractivity contribution is 5.85. The van der Waals surface area contributed by atoms with Gasteiger partial charge in [0.25, 0.3) is 0 Å². The zero-order valence-corrected chi connectivity index (χ0v) is 10.5. The first-order valence-corrected chi connectivity index (χ1v) is 6.20. The summed E-state index contributed by atoms with van der Waals surface area (Å²) in [6, 6.07) is 2.18. The fraction of sp³-hybridized carbons (Fsp3) is 0.667. The van der Waals surface area contributed by atoms with Crippen molar-refractivity contribution in [2.75, 3.05) is 6.54 Å². The number of carbonyl (C=O) groups excluding carboxylic acids is 1. The molecule has 1 aliphatic rings. The van der Waals surface area contributed by atoms with Crippen molar-refractivity contribution in [3.63, 3.8) is 0 Å². The van der Waals surface area contributed by atoms with Crippen LogP contribution in [0.4, 0.5) is 0 Å². The van der Waals surface area contributed by atoms with Gasteiger partial charge in [0.15, 0.2) is 5.82 Å². The third-order valence-electron chi connectivity index (χ3n) is 3.39. The first kappa shape index (κ1) is 12.6. The van der Waals surface area contributed by atoms with Gasteiger partial charge >= 0.3 is 0 Å². The first-order chi connectivity index (χ1) is 8.66. The van der Waals surface area contributed by atoms with E-state index in [4.69, 9.17) is 5.26 Å². The molecule has 0 aromatic carbocycles. The number of nitriles is 1. The van der Waals surface area contributed by atoms with Crippen LogP contribution in [0.25, 0.3) is 0 Å². The molecule has 1 aromatic heterocycles.